The number of H-pyrrole nitrogens is 2. The Morgan fingerprint density at radius 1 is 1.36 bits per heavy atom. The summed E-state index contributed by atoms with van der Waals surface area (Å²) in [4.78, 5) is 28.2. The van der Waals surface area contributed by atoms with Crippen molar-refractivity contribution in [2.45, 2.75) is 25.2 Å². The van der Waals surface area contributed by atoms with Crippen LogP contribution in [0.3, 0.4) is 0 Å². The van der Waals surface area contributed by atoms with Crippen molar-refractivity contribution in [3.63, 3.8) is 0 Å². The van der Waals surface area contributed by atoms with Gasteiger partial charge in [0.15, 0.2) is 0 Å². The first-order chi connectivity index (χ1) is 12.2. The summed E-state index contributed by atoms with van der Waals surface area (Å²) in [6.45, 7) is 1.87. The molecule has 0 bridgehead atoms. The average Bonchev–Trinajstić information content (AvgIpc) is 3.07. The van der Waals surface area contributed by atoms with Gasteiger partial charge in [0.1, 0.15) is 5.82 Å². The molecule has 1 aliphatic rings. The number of hydrogen-bond donors (Lipinski definition) is 3. The zero-order chi connectivity index (χ0) is 17.6. The van der Waals surface area contributed by atoms with E-state index in [0.29, 0.717) is 25.5 Å². The van der Waals surface area contributed by atoms with E-state index in [9.17, 15) is 9.59 Å². The van der Waals surface area contributed by atoms with Crippen molar-refractivity contribution in [3.05, 3.63) is 46.1 Å². The third-order valence-corrected chi connectivity index (χ3v) is 4.52. The first-order valence-electron chi connectivity index (χ1n) is 8.44. The largest absolute Gasteiger partial charge is 0.384 e. The summed E-state index contributed by atoms with van der Waals surface area (Å²) < 4.78 is 5.12. The molecule has 2 amide bonds. The molecule has 2 aromatic rings. The number of hydrogen-bond acceptors (Lipinski definition) is 4. The molecule has 1 fully saturated rings. The van der Waals surface area contributed by atoms with Crippen molar-refractivity contribution in [2.75, 3.05) is 32.1 Å². The Balaban J connectivity index is 1.57. The van der Waals surface area contributed by atoms with Crippen LogP contribution in [0, 0.1) is 0 Å². The standard InChI is InChI=1S/C17H23N5O3/c1-25-11-8-12-4-2-3-5-14(12)18-17(24)22-9-6-13(7-10-22)15-19-16(23)21-20-15/h2-5,13H,6-11H2,1H3,(H,18,24)(H2,19,20,21,23). The van der Waals surface area contributed by atoms with E-state index in [-0.39, 0.29) is 17.6 Å². The minimum Gasteiger partial charge on any atom is -0.384 e. The fourth-order valence-corrected chi connectivity index (χ4v) is 3.10. The van der Waals surface area contributed by atoms with Gasteiger partial charge in [-0.25, -0.2) is 14.7 Å². The fourth-order valence-electron chi connectivity index (χ4n) is 3.10. The van der Waals surface area contributed by atoms with Crippen LogP contribution in [0.5, 0.6) is 0 Å². The molecule has 0 spiro atoms. The molecule has 3 rings (SSSR count). The van der Waals surface area contributed by atoms with E-state index in [0.717, 1.165) is 30.5 Å². The molecule has 25 heavy (non-hydrogen) atoms. The highest BCUT2D eigenvalue weighted by Gasteiger charge is 2.26. The van der Waals surface area contributed by atoms with Crippen molar-refractivity contribution in [1.29, 1.82) is 0 Å². The number of para-hydroxylation sites is 1. The van der Waals surface area contributed by atoms with Crippen LogP contribution < -0.4 is 11.0 Å². The first-order valence-corrected chi connectivity index (χ1v) is 8.44. The van der Waals surface area contributed by atoms with Crippen LogP contribution in [0.1, 0.15) is 30.1 Å². The molecule has 8 nitrogen and oxygen atoms in total. The van der Waals surface area contributed by atoms with Crippen LogP contribution in [-0.2, 0) is 11.2 Å². The Morgan fingerprint density at radius 2 is 2.12 bits per heavy atom. The van der Waals surface area contributed by atoms with Gasteiger partial charge in [0.05, 0.1) is 6.61 Å². The number of carbonyl (C=O) groups excluding carboxylic acids is 1. The van der Waals surface area contributed by atoms with Crippen LogP contribution in [0.25, 0.3) is 0 Å². The number of rotatable bonds is 5. The van der Waals surface area contributed by atoms with Gasteiger partial charge in [0.2, 0.25) is 0 Å². The summed E-state index contributed by atoms with van der Waals surface area (Å²) in [5.41, 5.74) is 1.59. The molecular weight excluding hydrogens is 322 g/mol. The van der Waals surface area contributed by atoms with Crippen LogP contribution in [-0.4, -0.2) is 52.9 Å². The van der Waals surface area contributed by atoms with Gasteiger partial charge in [-0.3, -0.25) is 4.98 Å². The number of urea groups is 1. The number of aromatic amines is 2. The number of nitrogens with zero attached hydrogens (tertiary/aromatic N) is 2. The van der Waals surface area contributed by atoms with Gasteiger partial charge in [-0.2, -0.15) is 5.10 Å². The Labute approximate surface area is 145 Å². The van der Waals surface area contributed by atoms with Gasteiger partial charge < -0.3 is 15.0 Å². The molecule has 8 heteroatoms. The number of benzene rings is 1. The zero-order valence-electron chi connectivity index (χ0n) is 14.2. The minimum absolute atomic E-state index is 0.0983. The molecule has 0 aliphatic carbocycles. The number of methoxy groups -OCH3 is 1. The van der Waals surface area contributed by atoms with E-state index >= 15 is 0 Å². The average molecular weight is 345 g/mol. The Hall–Kier alpha value is -2.61. The van der Waals surface area contributed by atoms with Gasteiger partial charge >= 0.3 is 11.7 Å². The lowest BCUT2D eigenvalue weighted by Gasteiger charge is -2.31. The maximum atomic E-state index is 12.5. The van der Waals surface area contributed by atoms with Crippen molar-refractivity contribution in [1.82, 2.24) is 20.1 Å². The maximum absolute atomic E-state index is 12.5. The number of amides is 2. The molecule has 134 valence electrons. The number of ether oxygens (including phenoxy) is 1. The van der Waals surface area contributed by atoms with Crippen molar-refractivity contribution >= 4 is 11.7 Å². The van der Waals surface area contributed by atoms with E-state index in [2.05, 4.69) is 20.5 Å². The minimum atomic E-state index is -0.289. The van der Waals surface area contributed by atoms with Gasteiger partial charge in [-0.05, 0) is 30.9 Å². The normalized spacial score (nSPS) is 15.3. The van der Waals surface area contributed by atoms with Crippen molar-refractivity contribution in [2.24, 2.45) is 0 Å². The fraction of sp³-hybridized carbons (Fsp3) is 0.471. The van der Waals surface area contributed by atoms with Gasteiger partial charge in [-0.15, -0.1) is 0 Å². The molecule has 0 unspecified atom stereocenters. The van der Waals surface area contributed by atoms with Crippen molar-refractivity contribution < 1.29 is 9.53 Å². The molecule has 0 radical (unpaired) electrons. The first kappa shape index (κ1) is 17.2. The lowest BCUT2D eigenvalue weighted by Crippen LogP contribution is -2.40. The van der Waals surface area contributed by atoms with Gasteiger partial charge in [0.25, 0.3) is 0 Å². The quantitative estimate of drug-likeness (QED) is 0.767. The van der Waals surface area contributed by atoms with E-state index < -0.39 is 0 Å². The summed E-state index contributed by atoms with van der Waals surface area (Å²) in [7, 11) is 1.66. The van der Waals surface area contributed by atoms with E-state index in [1.807, 2.05) is 24.3 Å². The maximum Gasteiger partial charge on any atom is 0.340 e. The van der Waals surface area contributed by atoms with Crippen molar-refractivity contribution in [3.8, 4) is 0 Å². The molecule has 1 aromatic carbocycles. The highest BCUT2D eigenvalue weighted by molar-refractivity contribution is 5.90. The van der Waals surface area contributed by atoms with Crippen LogP contribution >= 0.6 is 0 Å². The molecule has 0 atom stereocenters. The highest BCUT2D eigenvalue weighted by atomic mass is 16.5. The molecular formula is C17H23N5O3. The predicted molar refractivity (Wildman–Crippen MR) is 93.8 cm³/mol. The van der Waals surface area contributed by atoms with E-state index in [1.165, 1.54) is 0 Å². The summed E-state index contributed by atoms with van der Waals surface area (Å²) in [5.74, 6) is 0.854. The number of aromatic nitrogens is 3. The second-order valence-corrected chi connectivity index (χ2v) is 6.15. The van der Waals surface area contributed by atoms with Gasteiger partial charge in [-0.1, -0.05) is 18.2 Å². The second-order valence-electron chi connectivity index (χ2n) is 6.15. The van der Waals surface area contributed by atoms with Gasteiger partial charge in [0, 0.05) is 31.8 Å². The molecule has 0 saturated carbocycles. The highest BCUT2D eigenvalue weighted by Crippen LogP contribution is 2.25. The van der Waals surface area contributed by atoms with Crippen LogP contribution in [0.4, 0.5) is 10.5 Å². The summed E-state index contributed by atoms with van der Waals surface area (Å²) in [5, 5.41) is 9.38. The zero-order valence-corrected chi connectivity index (χ0v) is 14.2. The lowest BCUT2D eigenvalue weighted by molar-refractivity contribution is 0.193. The predicted octanol–water partition coefficient (Wildman–Crippen LogP) is 1.70. The second kappa shape index (κ2) is 7.98. The number of carbonyl (C=O) groups is 1. The SMILES string of the molecule is COCCc1ccccc1NC(=O)N1CCC(c2n[nH]c(=O)[nH]2)CC1. The van der Waals surface area contributed by atoms with Crippen LogP contribution in [0.2, 0.25) is 0 Å². The third-order valence-electron chi connectivity index (χ3n) is 4.52. The summed E-state index contributed by atoms with van der Waals surface area (Å²) >= 11 is 0. The summed E-state index contributed by atoms with van der Waals surface area (Å²) in [6, 6.07) is 7.67. The smallest absolute Gasteiger partial charge is 0.340 e. The number of anilines is 1. The Morgan fingerprint density at radius 3 is 2.80 bits per heavy atom. The van der Waals surface area contributed by atoms with E-state index in [1.54, 1.807) is 12.0 Å². The summed E-state index contributed by atoms with van der Waals surface area (Å²) in [6.07, 6.45) is 2.31. The number of nitrogens with one attached hydrogen (secondary N) is 3. The molecule has 2 heterocycles. The Bertz CT molecular complexity index is 761. The molecule has 3 N–H and O–H groups in total. The molecule has 1 saturated heterocycles. The molecule has 1 aliphatic heterocycles. The lowest BCUT2D eigenvalue weighted by atomic mass is 9.96. The Kier molecular flexibility index (Phi) is 5.49. The van der Waals surface area contributed by atoms with E-state index in [4.69, 9.17) is 4.74 Å². The number of likely N-dealkylation sites (tertiary alicyclic amines) is 1. The number of piperidine rings is 1. The van der Waals surface area contributed by atoms with Crippen LogP contribution in [0.15, 0.2) is 29.1 Å². The monoisotopic (exact) mass is 345 g/mol. The topological polar surface area (TPSA) is 103 Å². The third kappa shape index (κ3) is 4.27. The molecule has 1 aromatic heterocycles.